The summed E-state index contributed by atoms with van der Waals surface area (Å²) in [5.41, 5.74) is 4.45. The summed E-state index contributed by atoms with van der Waals surface area (Å²) in [6.07, 6.45) is 1.43. The molecule has 18 heavy (non-hydrogen) atoms. The molecular weight excluding hydrogens is 248 g/mol. The van der Waals surface area contributed by atoms with Crippen LogP contribution in [0, 0.1) is 20.8 Å². The fourth-order valence-corrected chi connectivity index (χ4v) is 2.00. The number of rotatable bonds is 5. The number of aryl methyl sites for hydroxylation is 3. The zero-order valence-corrected chi connectivity index (χ0v) is 12.4. The van der Waals surface area contributed by atoms with Crippen LogP contribution in [0.2, 0.25) is 0 Å². The van der Waals surface area contributed by atoms with E-state index in [0.29, 0.717) is 6.42 Å². The van der Waals surface area contributed by atoms with E-state index >= 15 is 0 Å². The molecule has 0 saturated heterocycles. The number of hydrogen-bond donors (Lipinski definition) is 2. The van der Waals surface area contributed by atoms with Crippen molar-refractivity contribution in [2.75, 3.05) is 18.9 Å². The summed E-state index contributed by atoms with van der Waals surface area (Å²) in [4.78, 5) is 11.7. The average molecular weight is 271 g/mol. The van der Waals surface area contributed by atoms with Gasteiger partial charge in [0.05, 0.1) is 0 Å². The summed E-state index contributed by atoms with van der Waals surface area (Å²) in [7, 11) is 1.90. The van der Waals surface area contributed by atoms with E-state index in [2.05, 4.69) is 29.7 Å². The molecule has 1 amide bonds. The van der Waals surface area contributed by atoms with E-state index in [1.807, 2.05) is 20.9 Å². The molecule has 0 aliphatic carbocycles. The largest absolute Gasteiger partial charge is 0.326 e. The number of carbonyl (C=O) groups is 1. The molecule has 0 saturated carbocycles. The number of anilines is 1. The van der Waals surface area contributed by atoms with Gasteiger partial charge < -0.3 is 10.6 Å². The van der Waals surface area contributed by atoms with Crippen LogP contribution in [-0.4, -0.2) is 19.5 Å². The lowest BCUT2D eigenvalue weighted by atomic mass is 10.0. The predicted molar refractivity (Wildman–Crippen MR) is 79.7 cm³/mol. The van der Waals surface area contributed by atoms with Gasteiger partial charge in [0.1, 0.15) is 0 Å². The first kappa shape index (κ1) is 16.9. The topological polar surface area (TPSA) is 41.1 Å². The van der Waals surface area contributed by atoms with Gasteiger partial charge in [-0.3, -0.25) is 4.79 Å². The second kappa shape index (κ2) is 8.11. The molecule has 4 heteroatoms. The molecule has 102 valence electrons. The van der Waals surface area contributed by atoms with Crippen molar-refractivity contribution in [2.45, 2.75) is 33.6 Å². The van der Waals surface area contributed by atoms with Gasteiger partial charge in [0.15, 0.2) is 0 Å². The fraction of sp³-hybridized carbons (Fsp3) is 0.500. The lowest BCUT2D eigenvalue weighted by molar-refractivity contribution is -0.116. The van der Waals surface area contributed by atoms with Gasteiger partial charge in [0.25, 0.3) is 0 Å². The van der Waals surface area contributed by atoms with E-state index in [-0.39, 0.29) is 18.3 Å². The third kappa shape index (κ3) is 5.07. The maximum absolute atomic E-state index is 11.7. The Kier molecular flexibility index (Phi) is 7.64. The van der Waals surface area contributed by atoms with Crippen molar-refractivity contribution in [1.29, 1.82) is 0 Å². The smallest absolute Gasteiger partial charge is 0.224 e. The average Bonchev–Trinajstić information content (AvgIpc) is 2.24. The Morgan fingerprint density at radius 1 is 1.17 bits per heavy atom. The monoisotopic (exact) mass is 270 g/mol. The van der Waals surface area contributed by atoms with Gasteiger partial charge >= 0.3 is 0 Å². The van der Waals surface area contributed by atoms with Crippen molar-refractivity contribution < 1.29 is 4.79 Å². The zero-order valence-electron chi connectivity index (χ0n) is 11.6. The van der Waals surface area contributed by atoms with Gasteiger partial charge in [-0.2, -0.15) is 0 Å². The quantitative estimate of drug-likeness (QED) is 0.808. The van der Waals surface area contributed by atoms with E-state index in [1.165, 1.54) is 5.56 Å². The van der Waals surface area contributed by atoms with Crippen molar-refractivity contribution in [3.05, 3.63) is 28.8 Å². The van der Waals surface area contributed by atoms with Gasteiger partial charge in [-0.25, -0.2) is 0 Å². The molecule has 0 heterocycles. The van der Waals surface area contributed by atoms with Gasteiger partial charge in [0, 0.05) is 12.1 Å². The number of hydrogen-bond acceptors (Lipinski definition) is 2. The van der Waals surface area contributed by atoms with Crippen LogP contribution in [0.25, 0.3) is 0 Å². The lowest BCUT2D eigenvalue weighted by Crippen LogP contribution is -2.16. The second-order valence-corrected chi connectivity index (χ2v) is 4.53. The molecule has 0 radical (unpaired) electrons. The molecule has 0 unspecified atom stereocenters. The van der Waals surface area contributed by atoms with Crippen molar-refractivity contribution in [2.24, 2.45) is 0 Å². The Labute approximate surface area is 116 Å². The fourth-order valence-electron chi connectivity index (χ4n) is 2.00. The molecule has 0 aliphatic heterocycles. The van der Waals surface area contributed by atoms with Crippen LogP contribution in [0.15, 0.2) is 12.1 Å². The van der Waals surface area contributed by atoms with Crippen LogP contribution in [0.4, 0.5) is 5.69 Å². The first-order valence-electron chi connectivity index (χ1n) is 6.07. The summed E-state index contributed by atoms with van der Waals surface area (Å²) >= 11 is 0. The normalized spacial score (nSPS) is 9.78. The molecule has 0 bridgehead atoms. The van der Waals surface area contributed by atoms with Crippen LogP contribution < -0.4 is 10.6 Å². The van der Waals surface area contributed by atoms with E-state index in [0.717, 1.165) is 29.8 Å². The molecule has 0 aliphatic rings. The highest BCUT2D eigenvalue weighted by Gasteiger charge is 2.07. The summed E-state index contributed by atoms with van der Waals surface area (Å²) in [5, 5.41) is 6.04. The number of nitrogens with one attached hydrogen (secondary N) is 2. The third-order valence-corrected chi connectivity index (χ3v) is 2.77. The minimum absolute atomic E-state index is 0. The number of amides is 1. The zero-order chi connectivity index (χ0) is 12.8. The molecule has 0 aromatic heterocycles. The minimum Gasteiger partial charge on any atom is -0.326 e. The molecule has 1 rings (SSSR count). The highest BCUT2D eigenvalue weighted by atomic mass is 35.5. The summed E-state index contributed by atoms with van der Waals surface area (Å²) in [6, 6.07) is 4.19. The van der Waals surface area contributed by atoms with Gasteiger partial charge in [-0.05, 0) is 51.9 Å². The van der Waals surface area contributed by atoms with Crippen molar-refractivity contribution >= 4 is 24.0 Å². The molecule has 0 atom stereocenters. The predicted octanol–water partition coefficient (Wildman–Crippen LogP) is 2.97. The number of benzene rings is 1. The maximum Gasteiger partial charge on any atom is 0.224 e. The lowest BCUT2D eigenvalue weighted by Gasteiger charge is -2.12. The molecule has 0 spiro atoms. The molecule has 2 N–H and O–H groups in total. The molecule has 1 aromatic carbocycles. The van der Waals surface area contributed by atoms with Crippen LogP contribution in [0.5, 0.6) is 0 Å². The van der Waals surface area contributed by atoms with Gasteiger partial charge in [-0.15, -0.1) is 12.4 Å². The van der Waals surface area contributed by atoms with E-state index in [1.54, 1.807) is 0 Å². The van der Waals surface area contributed by atoms with Gasteiger partial charge in [0.2, 0.25) is 5.91 Å². The van der Waals surface area contributed by atoms with Crippen LogP contribution in [0.1, 0.15) is 29.5 Å². The summed E-state index contributed by atoms with van der Waals surface area (Å²) in [6.45, 7) is 7.00. The van der Waals surface area contributed by atoms with E-state index in [4.69, 9.17) is 0 Å². The van der Waals surface area contributed by atoms with E-state index in [9.17, 15) is 4.79 Å². The van der Waals surface area contributed by atoms with Gasteiger partial charge in [-0.1, -0.05) is 17.7 Å². The number of halogens is 1. The Hall–Kier alpha value is -1.06. The highest BCUT2D eigenvalue weighted by molar-refractivity contribution is 5.92. The second-order valence-electron chi connectivity index (χ2n) is 4.53. The summed E-state index contributed by atoms with van der Waals surface area (Å²) < 4.78 is 0. The standard InChI is InChI=1S/C14H22N2O.ClH/c1-10-8-11(2)14(12(3)9-10)16-13(17)6-5-7-15-4;/h8-9,15H,5-7H2,1-4H3,(H,16,17);1H. The van der Waals surface area contributed by atoms with Crippen molar-refractivity contribution in [1.82, 2.24) is 5.32 Å². The Morgan fingerprint density at radius 2 is 1.72 bits per heavy atom. The minimum atomic E-state index is 0. The first-order chi connectivity index (χ1) is 8.04. The SMILES string of the molecule is CNCCCC(=O)Nc1c(C)cc(C)cc1C.Cl. The van der Waals surface area contributed by atoms with Crippen molar-refractivity contribution in [3.8, 4) is 0 Å². The van der Waals surface area contributed by atoms with Crippen LogP contribution >= 0.6 is 12.4 Å². The number of carbonyl (C=O) groups excluding carboxylic acids is 1. The van der Waals surface area contributed by atoms with Crippen molar-refractivity contribution in [3.63, 3.8) is 0 Å². The molecular formula is C14H23ClN2O. The molecule has 1 aromatic rings. The van der Waals surface area contributed by atoms with E-state index < -0.39 is 0 Å². The molecule has 3 nitrogen and oxygen atoms in total. The maximum atomic E-state index is 11.7. The summed E-state index contributed by atoms with van der Waals surface area (Å²) in [5.74, 6) is 0.0929. The first-order valence-corrected chi connectivity index (χ1v) is 6.07. The Balaban J connectivity index is 0.00000289. The van der Waals surface area contributed by atoms with Crippen LogP contribution in [-0.2, 0) is 4.79 Å². The Morgan fingerprint density at radius 3 is 2.22 bits per heavy atom. The van der Waals surface area contributed by atoms with Crippen LogP contribution in [0.3, 0.4) is 0 Å². The third-order valence-electron chi connectivity index (χ3n) is 2.77. The Bertz CT molecular complexity index is 382. The molecule has 0 fully saturated rings. The highest BCUT2D eigenvalue weighted by Crippen LogP contribution is 2.22.